The molecule has 8 aromatic carbocycles. The Balaban J connectivity index is 0.971. The Kier molecular flexibility index (Phi) is 6.44. The molecule has 3 aromatic heterocycles. The Labute approximate surface area is 332 Å². The second-order valence-corrected chi connectivity index (χ2v) is 16.5. The standard InChI is InChI=1S/C53H33N3S/c1-2-13-37-35(11-1)36-12-3-4-14-38(36)44-29-32(21-24-39(37)44)33-22-26-51-46(30-33)43-27-28-54-53(52(43)57-51)56-49-20-10-7-17-42(49)45-31-34(23-25-50(45)56)55-47-18-8-5-15-40(47)41-16-6-9-19-48(41)55/h1-31,40,47H. The highest BCUT2D eigenvalue weighted by atomic mass is 32.1. The molecule has 0 spiro atoms. The van der Waals surface area contributed by atoms with Gasteiger partial charge in [0.1, 0.15) is 0 Å². The van der Waals surface area contributed by atoms with Crippen LogP contribution in [0.3, 0.4) is 0 Å². The van der Waals surface area contributed by atoms with Gasteiger partial charge in [0.2, 0.25) is 0 Å². The van der Waals surface area contributed by atoms with Crippen LogP contribution in [0.2, 0.25) is 0 Å². The van der Waals surface area contributed by atoms with Crippen molar-refractivity contribution < 1.29 is 0 Å². The first kappa shape index (κ1) is 31.2. The molecule has 0 fully saturated rings. The molecule has 2 unspecified atom stereocenters. The fourth-order valence-electron chi connectivity index (χ4n) is 10.0. The molecule has 0 N–H and O–H groups in total. The molecule has 266 valence electrons. The van der Waals surface area contributed by atoms with Gasteiger partial charge in [0.25, 0.3) is 0 Å². The number of hydrogen-bond acceptors (Lipinski definition) is 3. The summed E-state index contributed by atoms with van der Waals surface area (Å²) in [5.74, 6) is 1.32. The van der Waals surface area contributed by atoms with Crippen molar-refractivity contribution >= 4 is 97.0 Å². The molecule has 13 rings (SSSR count). The third kappa shape index (κ3) is 4.39. The van der Waals surface area contributed by atoms with Crippen molar-refractivity contribution in [2.45, 2.75) is 12.0 Å². The first-order valence-electron chi connectivity index (χ1n) is 19.7. The van der Waals surface area contributed by atoms with Crippen molar-refractivity contribution in [3.05, 3.63) is 194 Å². The molecule has 2 aliphatic rings. The Hall–Kier alpha value is -7.01. The quantitative estimate of drug-likeness (QED) is 0.168. The van der Waals surface area contributed by atoms with Gasteiger partial charge < -0.3 is 4.90 Å². The molecule has 3 nitrogen and oxygen atoms in total. The van der Waals surface area contributed by atoms with Crippen molar-refractivity contribution in [2.24, 2.45) is 0 Å². The summed E-state index contributed by atoms with van der Waals surface area (Å²) in [5, 5.41) is 12.7. The van der Waals surface area contributed by atoms with Crippen molar-refractivity contribution in [1.82, 2.24) is 9.55 Å². The fourth-order valence-corrected chi connectivity index (χ4v) is 11.2. The highest BCUT2D eigenvalue weighted by Gasteiger charge is 2.37. The maximum Gasteiger partial charge on any atom is 0.155 e. The Morgan fingerprint density at radius 2 is 1.12 bits per heavy atom. The van der Waals surface area contributed by atoms with Gasteiger partial charge in [-0.1, -0.05) is 127 Å². The summed E-state index contributed by atoms with van der Waals surface area (Å²) in [4.78, 5) is 7.67. The smallest absolute Gasteiger partial charge is 0.155 e. The molecule has 0 saturated carbocycles. The van der Waals surface area contributed by atoms with Crippen LogP contribution >= 0.6 is 11.3 Å². The summed E-state index contributed by atoms with van der Waals surface area (Å²) in [6, 6.07) is 58.7. The maximum absolute atomic E-state index is 5.14. The largest absolute Gasteiger partial charge is 0.333 e. The average Bonchev–Trinajstić information content (AvgIpc) is 3.94. The minimum Gasteiger partial charge on any atom is -0.333 e. The van der Waals surface area contributed by atoms with Crippen LogP contribution in [0.1, 0.15) is 11.5 Å². The number of para-hydroxylation sites is 2. The van der Waals surface area contributed by atoms with E-state index in [1.54, 1.807) is 0 Å². The molecule has 1 aliphatic carbocycles. The van der Waals surface area contributed by atoms with E-state index >= 15 is 0 Å². The highest BCUT2D eigenvalue weighted by molar-refractivity contribution is 7.26. The summed E-state index contributed by atoms with van der Waals surface area (Å²) >= 11 is 1.84. The average molecular weight is 744 g/mol. The molecule has 4 heterocycles. The number of nitrogens with zero attached hydrogens (tertiary/aromatic N) is 3. The van der Waals surface area contributed by atoms with Gasteiger partial charge in [-0.25, -0.2) is 4.98 Å². The van der Waals surface area contributed by atoms with E-state index in [1.807, 2.05) is 17.5 Å². The number of pyridine rings is 1. The zero-order valence-electron chi connectivity index (χ0n) is 30.8. The van der Waals surface area contributed by atoms with E-state index in [4.69, 9.17) is 4.98 Å². The monoisotopic (exact) mass is 743 g/mol. The van der Waals surface area contributed by atoms with Gasteiger partial charge in [0.15, 0.2) is 5.82 Å². The summed E-state index contributed by atoms with van der Waals surface area (Å²) in [5.41, 5.74) is 8.66. The third-order valence-electron chi connectivity index (χ3n) is 12.6. The number of aromatic nitrogens is 2. The van der Waals surface area contributed by atoms with Crippen molar-refractivity contribution in [1.29, 1.82) is 0 Å². The summed E-state index contributed by atoms with van der Waals surface area (Å²) in [6.45, 7) is 0. The predicted molar refractivity (Wildman–Crippen MR) is 243 cm³/mol. The molecule has 1 aliphatic heterocycles. The van der Waals surface area contributed by atoms with E-state index in [-0.39, 0.29) is 6.04 Å². The van der Waals surface area contributed by atoms with Gasteiger partial charge in [-0.2, -0.15) is 0 Å². The van der Waals surface area contributed by atoms with Gasteiger partial charge in [-0.3, -0.25) is 4.57 Å². The predicted octanol–water partition coefficient (Wildman–Crippen LogP) is 14.4. The molecule has 0 amide bonds. The number of thiophene rings is 1. The molecular formula is C53H33N3S. The molecule has 2 atom stereocenters. The van der Waals surface area contributed by atoms with E-state index in [1.165, 1.54) is 96.8 Å². The summed E-state index contributed by atoms with van der Waals surface area (Å²) < 4.78 is 4.85. The Bertz CT molecular complexity index is 3530. The Morgan fingerprint density at radius 1 is 0.474 bits per heavy atom. The second-order valence-electron chi connectivity index (χ2n) is 15.4. The van der Waals surface area contributed by atoms with Crippen LogP contribution in [0.15, 0.2) is 188 Å². The SMILES string of the molecule is C1=CC2c3ccccc3N(c3ccc4c(c3)c3ccccc3n4-c3nccc4c3sc3ccc(-c5ccc6c7ccccc7c7ccccc7c6c5)cc34)C2C=C1. The topological polar surface area (TPSA) is 21.1 Å². The van der Waals surface area contributed by atoms with Crippen molar-refractivity contribution in [3.63, 3.8) is 0 Å². The van der Waals surface area contributed by atoms with Gasteiger partial charge in [0.05, 0.1) is 21.8 Å². The molecular weight excluding hydrogens is 711 g/mol. The van der Waals surface area contributed by atoms with Crippen LogP contribution in [0, 0.1) is 0 Å². The van der Waals surface area contributed by atoms with Crippen LogP contribution in [0.5, 0.6) is 0 Å². The normalized spacial score (nSPS) is 16.2. The third-order valence-corrected chi connectivity index (χ3v) is 13.7. The van der Waals surface area contributed by atoms with Crippen molar-refractivity contribution in [3.8, 4) is 16.9 Å². The zero-order chi connectivity index (χ0) is 37.2. The number of allylic oxidation sites excluding steroid dienone is 2. The van der Waals surface area contributed by atoms with Crippen LogP contribution in [-0.2, 0) is 0 Å². The highest BCUT2D eigenvalue weighted by Crippen LogP contribution is 2.49. The molecule has 0 saturated heterocycles. The van der Waals surface area contributed by atoms with Crippen LogP contribution in [0.25, 0.3) is 91.2 Å². The number of anilines is 2. The number of benzene rings is 8. The molecule has 57 heavy (non-hydrogen) atoms. The van der Waals surface area contributed by atoms with Gasteiger partial charge in [-0.05, 0) is 104 Å². The second kappa shape index (κ2) is 11.8. The minimum atomic E-state index is 0.255. The van der Waals surface area contributed by atoms with Crippen LogP contribution in [0.4, 0.5) is 11.4 Å². The van der Waals surface area contributed by atoms with Gasteiger partial charge in [0, 0.05) is 49.7 Å². The van der Waals surface area contributed by atoms with Gasteiger partial charge >= 0.3 is 0 Å². The van der Waals surface area contributed by atoms with Gasteiger partial charge in [-0.15, -0.1) is 11.3 Å². The van der Waals surface area contributed by atoms with E-state index in [0.29, 0.717) is 5.92 Å². The Morgan fingerprint density at radius 3 is 1.95 bits per heavy atom. The number of rotatable bonds is 3. The lowest BCUT2D eigenvalue weighted by Gasteiger charge is -2.28. The molecule has 0 radical (unpaired) electrons. The van der Waals surface area contributed by atoms with E-state index < -0.39 is 0 Å². The lowest BCUT2D eigenvalue weighted by Crippen LogP contribution is -2.28. The van der Waals surface area contributed by atoms with E-state index in [2.05, 4.69) is 191 Å². The molecule has 0 bridgehead atoms. The number of fused-ring (bicyclic) bond motifs is 15. The first-order chi connectivity index (χ1) is 28.3. The van der Waals surface area contributed by atoms with Crippen LogP contribution in [-0.4, -0.2) is 15.6 Å². The summed E-state index contributed by atoms with van der Waals surface area (Å²) in [6.07, 6.45) is 11.1. The lowest BCUT2D eigenvalue weighted by atomic mass is 9.91. The number of hydrogen-bond donors (Lipinski definition) is 0. The summed E-state index contributed by atoms with van der Waals surface area (Å²) in [7, 11) is 0. The first-order valence-corrected chi connectivity index (χ1v) is 20.5. The zero-order valence-corrected chi connectivity index (χ0v) is 31.6. The minimum absolute atomic E-state index is 0.255. The fraction of sp³-hybridized carbons (Fsp3) is 0.0377. The lowest BCUT2D eigenvalue weighted by molar-refractivity contribution is 0.745. The molecule has 11 aromatic rings. The van der Waals surface area contributed by atoms with E-state index in [9.17, 15) is 0 Å². The van der Waals surface area contributed by atoms with Crippen LogP contribution < -0.4 is 4.90 Å². The maximum atomic E-state index is 5.14. The van der Waals surface area contributed by atoms with Crippen molar-refractivity contribution in [2.75, 3.05) is 4.90 Å². The van der Waals surface area contributed by atoms with E-state index in [0.717, 1.165) is 11.3 Å². The molecule has 4 heteroatoms.